The van der Waals surface area contributed by atoms with Crippen LogP contribution in [0.2, 0.25) is 0 Å². The standard InChI is InChI=1S/C14H14O5/c1-18-12-5-8-3-10(7-15)11(14(16)17)4-9(8)6-13(12)19-2/h3-6,15H,7H2,1-2H3,(H,16,17). The number of carboxylic acid groups (broad SMARTS) is 1. The zero-order valence-corrected chi connectivity index (χ0v) is 10.6. The Morgan fingerprint density at radius 2 is 1.58 bits per heavy atom. The molecule has 0 aliphatic carbocycles. The number of rotatable bonds is 4. The number of hydrogen-bond donors (Lipinski definition) is 2. The molecule has 2 aromatic carbocycles. The molecule has 0 aromatic heterocycles. The van der Waals surface area contributed by atoms with E-state index in [-0.39, 0.29) is 12.2 Å². The first kappa shape index (κ1) is 13.2. The molecule has 0 aliphatic rings. The Balaban J connectivity index is 2.74. The Labute approximate surface area is 110 Å². The van der Waals surface area contributed by atoms with Crippen molar-refractivity contribution in [3.8, 4) is 11.5 Å². The van der Waals surface area contributed by atoms with E-state index in [4.69, 9.17) is 14.6 Å². The third-order valence-corrected chi connectivity index (χ3v) is 2.97. The molecule has 2 rings (SSSR count). The lowest BCUT2D eigenvalue weighted by atomic mass is 10.0. The molecule has 100 valence electrons. The lowest BCUT2D eigenvalue weighted by Gasteiger charge is -2.11. The highest BCUT2D eigenvalue weighted by Crippen LogP contribution is 2.33. The summed E-state index contributed by atoms with van der Waals surface area (Å²) in [4.78, 5) is 11.1. The van der Waals surface area contributed by atoms with Gasteiger partial charge in [-0.15, -0.1) is 0 Å². The molecule has 19 heavy (non-hydrogen) atoms. The van der Waals surface area contributed by atoms with Crippen molar-refractivity contribution in [1.29, 1.82) is 0 Å². The largest absolute Gasteiger partial charge is 0.493 e. The zero-order valence-electron chi connectivity index (χ0n) is 10.6. The summed E-state index contributed by atoms with van der Waals surface area (Å²) in [6.45, 7) is -0.327. The Hall–Kier alpha value is -2.27. The average Bonchev–Trinajstić information content (AvgIpc) is 2.43. The maximum absolute atomic E-state index is 11.1. The van der Waals surface area contributed by atoms with Gasteiger partial charge in [-0.3, -0.25) is 0 Å². The molecular weight excluding hydrogens is 248 g/mol. The highest BCUT2D eigenvalue weighted by atomic mass is 16.5. The summed E-state index contributed by atoms with van der Waals surface area (Å²) in [5.74, 6) is 0.0192. The predicted octanol–water partition coefficient (Wildman–Crippen LogP) is 2.05. The number of aliphatic hydroxyl groups is 1. The topological polar surface area (TPSA) is 76.0 Å². The molecule has 5 heteroatoms. The molecule has 2 aromatic rings. The molecule has 5 nitrogen and oxygen atoms in total. The van der Waals surface area contributed by atoms with E-state index in [9.17, 15) is 9.90 Å². The first-order chi connectivity index (χ1) is 9.10. The van der Waals surface area contributed by atoms with Crippen molar-refractivity contribution in [3.05, 3.63) is 35.4 Å². The van der Waals surface area contributed by atoms with E-state index in [0.717, 1.165) is 5.39 Å². The highest BCUT2D eigenvalue weighted by molar-refractivity contribution is 5.97. The van der Waals surface area contributed by atoms with E-state index in [1.54, 1.807) is 18.2 Å². The molecule has 0 radical (unpaired) electrons. The van der Waals surface area contributed by atoms with Gasteiger partial charge in [0, 0.05) is 0 Å². The molecule has 0 atom stereocenters. The number of carboxylic acids is 1. The third-order valence-electron chi connectivity index (χ3n) is 2.97. The van der Waals surface area contributed by atoms with Crippen molar-refractivity contribution < 1.29 is 24.5 Å². The fourth-order valence-electron chi connectivity index (χ4n) is 2.00. The number of hydrogen-bond acceptors (Lipinski definition) is 4. The van der Waals surface area contributed by atoms with Crippen LogP contribution in [-0.2, 0) is 6.61 Å². The number of aromatic carboxylic acids is 1. The van der Waals surface area contributed by atoms with Gasteiger partial charge in [-0.25, -0.2) is 4.79 Å². The fraction of sp³-hybridized carbons (Fsp3) is 0.214. The van der Waals surface area contributed by atoms with Gasteiger partial charge in [0.05, 0.1) is 26.4 Å². The first-order valence-electron chi connectivity index (χ1n) is 5.63. The molecule has 0 aliphatic heterocycles. The zero-order chi connectivity index (χ0) is 14.0. The van der Waals surface area contributed by atoms with Gasteiger partial charge < -0.3 is 19.7 Å². The molecule has 0 unspecified atom stereocenters. The first-order valence-corrected chi connectivity index (χ1v) is 5.63. The van der Waals surface area contributed by atoms with Crippen molar-refractivity contribution in [2.45, 2.75) is 6.61 Å². The number of fused-ring (bicyclic) bond motifs is 1. The quantitative estimate of drug-likeness (QED) is 0.881. The molecule has 0 fully saturated rings. The van der Waals surface area contributed by atoms with Gasteiger partial charge in [0.15, 0.2) is 11.5 Å². The maximum atomic E-state index is 11.1. The van der Waals surface area contributed by atoms with E-state index in [1.165, 1.54) is 20.3 Å². The summed E-state index contributed by atoms with van der Waals surface area (Å²) in [6, 6.07) is 6.62. The highest BCUT2D eigenvalue weighted by Gasteiger charge is 2.13. The summed E-state index contributed by atoms with van der Waals surface area (Å²) in [5, 5.41) is 19.9. The average molecular weight is 262 g/mol. The monoisotopic (exact) mass is 262 g/mol. The number of ether oxygens (including phenoxy) is 2. The maximum Gasteiger partial charge on any atom is 0.336 e. The predicted molar refractivity (Wildman–Crippen MR) is 69.9 cm³/mol. The van der Waals surface area contributed by atoms with Gasteiger partial charge in [0.2, 0.25) is 0 Å². The van der Waals surface area contributed by atoms with Crippen LogP contribution in [-0.4, -0.2) is 30.4 Å². The van der Waals surface area contributed by atoms with Crippen LogP contribution in [0.25, 0.3) is 10.8 Å². The molecule has 0 saturated carbocycles. The van der Waals surface area contributed by atoms with Crippen LogP contribution in [0.5, 0.6) is 11.5 Å². The van der Waals surface area contributed by atoms with Gasteiger partial charge in [0.25, 0.3) is 0 Å². The van der Waals surface area contributed by atoms with Crippen molar-refractivity contribution in [3.63, 3.8) is 0 Å². The number of carbonyl (C=O) groups is 1. The van der Waals surface area contributed by atoms with Crippen molar-refractivity contribution in [2.24, 2.45) is 0 Å². The minimum atomic E-state index is -1.07. The SMILES string of the molecule is COc1cc2cc(CO)c(C(=O)O)cc2cc1OC. The van der Waals surface area contributed by atoms with Crippen LogP contribution in [0, 0.1) is 0 Å². The molecular formula is C14H14O5. The minimum Gasteiger partial charge on any atom is -0.493 e. The van der Waals surface area contributed by atoms with Crippen LogP contribution in [0.1, 0.15) is 15.9 Å². The lowest BCUT2D eigenvalue weighted by Crippen LogP contribution is -2.02. The molecule has 0 bridgehead atoms. The number of methoxy groups -OCH3 is 2. The molecule has 0 heterocycles. The summed E-state index contributed by atoms with van der Waals surface area (Å²) in [6.07, 6.45) is 0. The van der Waals surface area contributed by atoms with Crippen LogP contribution in [0.15, 0.2) is 24.3 Å². The summed E-state index contributed by atoms with van der Waals surface area (Å²) < 4.78 is 10.4. The van der Waals surface area contributed by atoms with Gasteiger partial charge in [-0.1, -0.05) is 0 Å². The van der Waals surface area contributed by atoms with Gasteiger partial charge in [-0.2, -0.15) is 0 Å². The fourth-order valence-corrected chi connectivity index (χ4v) is 2.00. The van der Waals surface area contributed by atoms with Gasteiger partial charge in [0.1, 0.15) is 0 Å². The van der Waals surface area contributed by atoms with Crippen LogP contribution < -0.4 is 9.47 Å². The van der Waals surface area contributed by atoms with Gasteiger partial charge in [-0.05, 0) is 40.6 Å². The Kier molecular flexibility index (Phi) is 3.57. The number of benzene rings is 2. The smallest absolute Gasteiger partial charge is 0.336 e. The lowest BCUT2D eigenvalue weighted by molar-refractivity contribution is 0.0693. The van der Waals surface area contributed by atoms with E-state index in [2.05, 4.69) is 0 Å². The van der Waals surface area contributed by atoms with Crippen molar-refractivity contribution >= 4 is 16.7 Å². The molecule has 0 saturated heterocycles. The van der Waals surface area contributed by atoms with E-state index in [0.29, 0.717) is 22.4 Å². The van der Waals surface area contributed by atoms with E-state index in [1.807, 2.05) is 0 Å². The second-order valence-corrected chi connectivity index (χ2v) is 4.03. The van der Waals surface area contributed by atoms with E-state index >= 15 is 0 Å². The Morgan fingerprint density at radius 1 is 1.05 bits per heavy atom. The second kappa shape index (κ2) is 5.16. The van der Waals surface area contributed by atoms with Crippen LogP contribution in [0.3, 0.4) is 0 Å². The minimum absolute atomic E-state index is 0.0854. The third kappa shape index (κ3) is 2.32. The Morgan fingerprint density at radius 3 is 2.00 bits per heavy atom. The Bertz CT molecular complexity index is 633. The van der Waals surface area contributed by atoms with Crippen molar-refractivity contribution in [2.75, 3.05) is 14.2 Å². The summed E-state index contributed by atoms with van der Waals surface area (Å²) in [5.41, 5.74) is 0.453. The van der Waals surface area contributed by atoms with Crippen LogP contribution in [0.4, 0.5) is 0 Å². The summed E-state index contributed by atoms with van der Waals surface area (Å²) in [7, 11) is 3.05. The number of aliphatic hydroxyl groups excluding tert-OH is 1. The molecule has 0 amide bonds. The second-order valence-electron chi connectivity index (χ2n) is 4.03. The van der Waals surface area contributed by atoms with Crippen LogP contribution >= 0.6 is 0 Å². The van der Waals surface area contributed by atoms with Crippen molar-refractivity contribution in [1.82, 2.24) is 0 Å². The molecule has 0 spiro atoms. The summed E-state index contributed by atoms with van der Waals surface area (Å²) >= 11 is 0. The van der Waals surface area contributed by atoms with E-state index < -0.39 is 5.97 Å². The normalized spacial score (nSPS) is 10.5. The van der Waals surface area contributed by atoms with Gasteiger partial charge >= 0.3 is 5.97 Å². The molecule has 2 N–H and O–H groups in total.